The molecule has 5 nitrogen and oxygen atoms in total. The van der Waals surface area contributed by atoms with Crippen LogP contribution < -0.4 is 4.74 Å². The first-order chi connectivity index (χ1) is 10.8. The fourth-order valence-corrected chi connectivity index (χ4v) is 2.05. The van der Waals surface area contributed by atoms with Gasteiger partial charge in [-0.05, 0) is 43.3 Å². The lowest BCUT2D eigenvalue weighted by Gasteiger charge is -2.08. The number of para-hydroxylation sites is 1. The third-order valence-corrected chi connectivity index (χ3v) is 3.09. The van der Waals surface area contributed by atoms with Crippen molar-refractivity contribution in [2.75, 3.05) is 6.61 Å². The number of rotatable bonds is 4. The molecule has 0 unspecified atom stereocenters. The van der Waals surface area contributed by atoms with Crippen molar-refractivity contribution in [3.63, 3.8) is 0 Å². The average molecular weight is 294 g/mol. The Morgan fingerprint density at radius 1 is 1.05 bits per heavy atom. The minimum Gasteiger partial charge on any atom is -0.462 e. The van der Waals surface area contributed by atoms with E-state index in [4.69, 9.17) is 9.47 Å². The third kappa shape index (κ3) is 2.88. The first-order valence-corrected chi connectivity index (χ1v) is 6.92. The van der Waals surface area contributed by atoms with Gasteiger partial charge >= 0.3 is 5.97 Å². The Morgan fingerprint density at radius 2 is 1.82 bits per heavy atom. The molecule has 0 atom stereocenters. The Morgan fingerprint density at radius 3 is 2.59 bits per heavy atom. The summed E-state index contributed by atoms with van der Waals surface area (Å²) in [5.41, 5.74) is 1.30. The Balaban J connectivity index is 1.85. The maximum absolute atomic E-state index is 11.6. The molecule has 0 aliphatic heterocycles. The van der Waals surface area contributed by atoms with Crippen LogP contribution in [0.1, 0.15) is 17.3 Å². The number of ether oxygens (including phenoxy) is 2. The lowest BCUT2D eigenvalue weighted by atomic mass is 10.2. The summed E-state index contributed by atoms with van der Waals surface area (Å²) in [5, 5.41) is 0.833. The normalized spacial score (nSPS) is 10.4. The number of esters is 1. The second kappa shape index (κ2) is 6.22. The molecule has 3 aromatic rings. The molecule has 0 N–H and O–H groups in total. The van der Waals surface area contributed by atoms with Gasteiger partial charge in [-0.1, -0.05) is 12.1 Å². The molecule has 0 spiro atoms. The van der Waals surface area contributed by atoms with E-state index in [0.29, 0.717) is 23.8 Å². The van der Waals surface area contributed by atoms with Gasteiger partial charge in [0.25, 0.3) is 0 Å². The van der Waals surface area contributed by atoms with Gasteiger partial charge in [0.2, 0.25) is 5.88 Å². The van der Waals surface area contributed by atoms with E-state index in [0.717, 1.165) is 10.9 Å². The van der Waals surface area contributed by atoms with E-state index >= 15 is 0 Å². The molecule has 110 valence electrons. The van der Waals surface area contributed by atoms with Gasteiger partial charge in [-0.25, -0.2) is 14.8 Å². The van der Waals surface area contributed by atoms with Gasteiger partial charge in [0.15, 0.2) is 0 Å². The number of hydrogen-bond donors (Lipinski definition) is 0. The number of fused-ring (bicyclic) bond motifs is 1. The van der Waals surface area contributed by atoms with Crippen molar-refractivity contribution in [1.29, 1.82) is 0 Å². The van der Waals surface area contributed by atoms with Gasteiger partial charge < -0.3 is 9.47 Å². The van der Waals surface area contributed by atoms with E-state index in [1.807, 2.05) is 24.3 Å². The van der Waals surface area contributed by atoms with E-state index in [9.17, 15) is 4.79 Å². The van der Waals surface area contributed by atoms with Crippen molar-refractivity contribution in [1.82, 2.24) is 9.97 Å². The molecule has 3 rings (SSSR count). The van der Waals surface area contributed by atoms with E-state index in [1.54, 1.807) is 31.2 Å². The van der Waals surface area contributed by atoms with Crippen LogP contribution in [0, 0.1) is 0 Å². The summed E-state index contributed by atoms with van der Waals surface area (Å²) in [6, 6.07) is 14.4. The van der Waals surface area contributed by atoms with E-state index in [2.05, 4.69) is 9.97 Å². The maximum atomic E-state index is 11.6. The molecule has 1 heterocycles. The topological polar surface area (TPSA) is 61.3 Å². The predicted octanol–water partition coefficient (Wildman–Crippen LogP) is 3.60. The third-order valence-electron chi connectivity index (χ3n) is 3.09. The van der Waals surface area contributed by atoms with Gasteiger partial charge in [-0.15, -0.1) is 0 Å². The van der Waals surface area contributed by atoms with Crippen LogP contribution in [-0.4, -0.2) is 22.5 Å². The zero-order valence-electron chi connectivity index (χ0n) is 12.0. The summed E-state index contributed by atoms with van der Waals surface area (Å²) < 4.78 is 10.7. The molecule has 0 saturated heterocycles. The van der Waals surface area contributed by atoms with Crippen molar-refractivity contribution in [2.45, 2.75) is 6.92 Å². The average Bonchev–Trinajstić information content (AvgIpc) is 2.56. The van der Waals surface area contributed by atoms with Crippen LogP contribution in [0.15, 0.2) is 54.9 Å². The fourth-order valence-electron chi connectivity index (χ4n) is 2.05. The molecule has 0 aliphatic carbocycles. The van der Waals surface area contributed by atoms with Crippen LogP contribution in [0.25, 0.3) is 10.9 Å². The summed E-state index contributed by atoms with van der Waals surface area (Å²) >= 11 is 0. The standard InChI is InChI=1S/C17H14N2O3/c1-2-21-17(20)12-7-9-13(10-8-12)22-16-14-5-3-4-6-15(14)18-11-19-16/h3-11H,2H2,1H3. The SMILES string of the molecule is CCOC(=O)c1ccc(Oc2ncnc3ccccc23)cc1. The van der Waals surface area contributed by atoms with Crippen molar-refractivity contribution in [2.24, 2.45) is 0 Å². The minimum atomic E-state index is -0.346. The van der Waals surface area contributed by atoms with Crippen LogP contribution in [0.2, 0.25) is 0 Å². The van der Waals surface area contributed by atoms with Crippen LogP contribution >= 0.6 is 0 Å². The highest BCUT2D eigenvalue weighted by Gasteiger charge is 2.08. The molecular formula is C17H14N2O3. The molecule has 2 aromatic carbocycles. The Hall–Kier alpha value is -2.95. The van der Waals surface area contributed by atoms with Crippen molar-refractivity contribution in [3.8, 4) is 11.6 Å². The van der Waals surface area contributed by atoms with E-state index in [1.165, 1.54) is 6.33 Å². The minimum absolute atomic E-state index is 0.346. The number of aromatic nitrogens is 2. The van der Waals surface area contributed by atoms with Crippen LogP contribution in [0.5, 0.6) is 11.6 Å². The second-order valence-electron chi connectivity index (χ2n) is 4.54. The molecule has 1 aromatic heterocycles. The molecule has 22 heavy (non-hydrogen) atoms. The molecule has 0 saturated carbocycles. The van der Waals surface area contributed by atoms with Gasteiger partial charge in [0.1, 0.15) is 12.1 Å². The molecule has 0 bridgehead atoms. The Kier molecular flexibility index (Phi) is 3.96. The molecule has 0 fully saturated rings. The van der Waals surface area contributed by atoms with Crippen LogP contribution in [0.3, 0.4) is 0 Å². The van der Waals surface area contributed by atoms with Crippen LogP contribution in [0.4, 0.5) is 0 Å². The number of carbonyl (C=O) groups excluding carboxylic acids is 1. The zero-order valence-corrected chi connectivity index (χ0v) is 12.0. The monoisotopic (exact) mass is 294 g/mol. The summed E-state index contributed by atoms with van der Waals surface area (Å²) in [7, 11) is 0. The maximum Gasteiger partial charge on any atom is 0.338 e. The van der Waals surface area contributed by atoms with Crippen molar-refractivity contribution >= 4 is 16.9 Å². The lowest BCUT2D eigenvalue weighted by molar-refractivity contribution is 0.0526. The summed E-state index contributed by atoms with van der Waals surface area (Å²) in [6.45, 7) is 2.12. The molecule has 0 amide bonds. The highest BCUT2D eigenvalue weighted by Crippen LogP contribution is 2.26. The smallest absolute Gasteiger partial charge is 0.338 e. The van der Waals surface area contributed by atoms with Gasteiger partial charge in [0, 0.05) is 0 Å². The number of hydrogen-bond acceptors (Lipinski definition) is 5. The lowest BCUT2D eigenvalue weighted by Crippen LogP contribution is -2.04. The van der Waals surface area contributed by atoms with Gasteiger partial charge in [0.05, 0.1) is 23.1 Å². The van der Waals surface area contributed by atoms with Crippen molar-refractivity contribution in [3.05, 3.63) is 60.4 Å². The summed E-state index contributed by atoms with van der Waals surface area (Å²) in [5.74, 6) is 0.730. The predicted molar refractivity (Wildman–Crippen MR) is 82.0 cm³/mol. The molecular weight excluding hydrogens is 280 g/mol. The first-order valence-electron chi connectivity index (χ1n) is 6.92. The van der Waals surface area contributed by atoms with Gasteiger partial charge in [-0.3, -0.25) is 0 Å². The molecule has 5 heteroatoms. The zero-order chi connectivity index (χ0) is 15.4. The van der Waals surface area contributed by atoms with Crippen LogP contribution in [-0.2, 0) is 4.74 Å². The van der Waals surface area contributed by atoms with E-state index in [-0.39, 0.29) is 5.97 Å². The highest BCUT2D eigenvalue weighted by molar-refractivity contribution is 5.89. The van der Waals surface area contributed by atoms with Gasteiger partial charge in [-0.2, -0.15) is 0 Å². The quantitative estimate of drug-likeness (QED) is 0.688. The summed E-state index contributed by atoms with van der Waals surface area (Å²) in [6.07, 6.45) is 1.46. The molecule has 0 aliphatic rings. The highest BCUT2D eigenvalue weighted by atomic mass is 16.5. The summed E-state index contributed by atoms with van der Waals surface area (Å²) in [4.78, 5) is 20.0. The largest absolute Gasteiger partial charge is 0.462 e. The Bertz CT molecular complexity index is 795. The second-order valence-corrected chi connectivity index (χ2v) is 4.54. The number of nitrogens with zero attached hydrogens (tertiary/aromatic N) is 2. The number of benzene rings is 2. The Labute approximate surface area is 127 Å². The fraction of sp³-hybridized carbons (Fsp3) is 0.118. The van der Waals surface area contributed by atoms with E-state index < -0.39 is 0 Å². The number of carbonyl (C=O) groups is 1. The molecule has 0 radical (unpaired) electrons. The van der Waals surface area contributed by atoms with Crippen molar-refractivity contribution < 1.29 is 14.3 Å². The first kappa shape index (κ1) is 14.0.